The van der Waals surface area contributed by atoms with E-state index in [4.69, 9.17) is 0 Å². The lowest BCUT2D eigenvalue weighted by Crippen LogP contribution is -3.00. The molecule has 3 aromatic carbocycles. The van der Waals surface area contributed by atoms with E-state index >= 15 is 0 Å². The first-order valence-corrected chi connectivity index (χ1v) is 16.3. The van der Waals surface area contributed by atoms with Crippen LogP contribution in [0, 0.1) is 0 Å². The van der Waals surface area contributed by atoms with Crippen molar-refractivity contribution in [1.82, 2.24) is 0 Å². The molecule has 0 unspecified atom stereocenters. The summed E-state index contributed by atoms with van der Waals surface area (Å²) in [6.45, 7) is 0. The summed E-state index contributed by atoms with van der Waals surface area (Å²) in [6.07, 6.45) is 17.2. The number of halogens is 4. The fourth-order valence-electron chi connectivity index (χ4n) is 7.88. The smallest absolute Gasteiger partial charge is 0.762 e. The van der Waals surface area contributed by atoms with Crippen LogP contribution in [0.25, 0.3) is 11.1 Å². The molecule has 0 amide bonds. The highest BCUT2D eigenvalue weighted by Gasteiger charge is 2.58. The summed E-state index contributed by atoms with van der Waals surface area (Å²) in [5.74, 6) is 0. The molecule has 3 aliphatic carbocycles. The van der Waals surface area contributed by atoms with Gasteiger partial charge < -0.3 is 4.70 Å². The molecule has 0 aliphatic heterocycles. The number of fused-ring (bicyclic) bond motifs is 3. The van der Waals surface area contributed by atoms with E-state index in [-0.39, 0.29) is 9.86 Å². The molecule has 39 heavy (non-hydrogen) atoms. The SMILES string of the molecule is FB(F)F.[F-].c1ccc(CCC2([PH+](C3CCCCC3)C3CCCCC3)c3ccccc3-c3ccccc32)cc1. The van der Waals surface area contributed by atoms with Gasteiger partial charge in [-0.15, -0.1) is 0 Å². The zero-order valence-corrected chi connectivity index (χ0v) is 23.7. The highest BCUT2D eigenvalue weighted by atomic mass is 31.1. The van der Waals surface area contributed by atoms with Gasteiger partial charge in [0, 0.05) is 19.0 Å². The quantitative estimate of drug-likeness (QED) is 0.170. The molecule has 0 bridgehead atoms. The van der Waals surface area contributed by atoms with E-state index in [1.807, 2.05) is 0 Å². The van der Waals surface area contributed by atoms with Gasteiger partial charge in [0.25, 0.3) is 0 Å². The Morgan fingerprint density at radius 3 is 1.49 bits per heavy atom. The second-order valence-corrected chi connectivity index (χ2v) is 14.8. The second kappa shape index (κ2) is 14.0. The van der Waals surface area contributed by atoms with Gasteiger partial charge in [0.05, 0.1) is 11.3 Å². The summed E-state index contributed by atoms with van der Waals surface area (Å²) in [7, 11) is -4.34. The van der Waals surface area contributed by atoms with Crippen LogP contribution in [0.1, 0.15) is 87.3 Å². The summed E-state index contributed by atoms with van der Waals surface area (Å²) in [4.78, 5) is 0. The Kier molecular flexibility index (Phi) is 10.7. The van der Waals surface area contributed by atoms with Gasteiger partial charge in [-0.3, -0.25) is 12.9 Å². The summed E-state index contributed by atoms with van der Waals surface area (Å²) in [5, 5.41) is 0.248. The van der Waals surface area contributed by atoms with Gasteiger partial charge in [-0.05, 0) is 80.9 Å². The molecule has 208 valence electrons. The summed E-state index contributed by atoms with van der Waals surface area (Å²) < 4.78 is 29.0. The van der Waals surface area contributed by atoms with Gasteiger partial charge in [-0.1, -0.05) is 91.7 Å². The highest BCUT2D eigenvalue weighted by molar-refractivity contribution is 7.60. The largest absolute Gasteiger partial charge is 1.00 e. The number of benzene rings is 3. The van der Waals surface area contributed by atoms with Crippen molar-refractivity contribution in [2.45, 2.75) is 93.5 Å². The molecule has 0 spiro atoms. The van der Waals surface area contributed by atoms with Crippen molar-refractivity contribution in [2.75, 3.05) is 0 Å². The molecular weight excluding hydrogens is 514 g/mol. The predicted octanol–water partition coefficient (Wildman–Crippen LogP) is 7.31. The van der Waals surface area contributed by atoms with E-state index in [0.717, 1.165) is 11.3 Å². The van der Waals surface area contributed by atoms with Gasteiger partial charge in [0.2, 0.25) is 0 Å². The number of hydrogen-bond acceptors (Lipinski definition) is 0. The Labute approximate surface area is 233 Å². The molecule has 0 saturated heterocycles. The maximum absolute atomic E-state index is 9.67. The Morgan fingerprint density at radius 2 is 1.03 bits per heavy atom. The summed E-state index contributed by atoms with van der Waals surface area (Å²) in [6, 6.07) is 30.5. The van der Waals surface area contributed by atoms with Crippen molar-refractivity contribution < 1.29 is 17.7 Å². The molecule has 6 heteroatoms. The van der Waals surface area contributed by atoms with Crippen LogP contribution in [0.15, 0.2) is 78.9 Å². The molecule has 0 heterocycles. The first kappa shape index (κ1) is 29.8. The third kappa shape index (κ3) is 6.45. The van der Waals surface area contributed by atoms with Crippen molar-refractivity contribution >= 4 is 15.5 Å². The first-order chi connectivity index (χ1) is 18.6. The van der Waals surface area contributed by atoms with E-state index in [1.165, 1.54) is 82.6 Å². The molecule has 3 aliphatic rings. The molecule has 0 radical (unpaired) electrons. The Balaban J connectivity index is 0.000000662. The minimum Gasteiger partial charge on any atom is -1.00 e. The third-order valence-corrected chi connectivity index (χ3v) is 14.0. The zero-order chi connectivity index (χ0) is 26.4. The van der Waals surface area contributed by atoms with Gasteiger partial charge >= 0.3 is 7.54 Å². The summed E-state index contributed by atoms with van der Waals surface area (Å²) >= 11 is 0. The molecule has 0 aromatic heterocycles. The lowest BCUT2D eigenvalue weighted by Gasteiger charge is -2.44. The average molecular weight is 554 g/mol. The zero-order valence-electron chi connectivity index (χ0n) is 22.7. The molecule has 0 N–H and O–H groups in total. The normalized spacial score (nSPS) is 18.4. The molecule has 3 aromatic rings. The number of rotatable bonds is 6. The van der Waals surface area contributed by atoms with E-state index in [9.17, 15) is 12.9 Å². The van der Waals surface area contributed by atoms with E-state index in [0.29, 0.717) is 0 Å². The van der Waals surface area contributed by atoms with Crippen molar-refractivity contribution in [3.8, 4) is 11.1 Å². The van der Waals surface area contributed by atoms with Gasteiger partial charge in [0.15, 0.2) is 0 Å². The lowest BCUT2D eigenvalue weighted by molar-refractivity contribution is -0.0000103. The Bertz CT molecular complexity index is 1090. The topological polar surface area (TPSA) is 0 Å². The standard InChI is InChI=1S/C33H39P.BF3.FH/c1-4-14-26(15-5-1)24-25-33(31-22-12-10-20-29(31)30-21-11-13-23-32(30)33)34(27-16-6-2-7-17-27)28-18-8-3-9-19-28;2-1(3)4;/h1,4-5,10-15,20-23,27-28H,2-3,6-9,16-19,24-25H2;;1H. The number of aryl methyl sites for hydroxylation is 1. The minimum atomic E-state index is -3.67. The van der Waals surface area contributed by atoms with E-state index < -0.39 is 15.5 Å². The van der Waals surface area contributed by atoms with Gasteiger partial charge in [-0.2, -0.15) is 0 Å². The van der Waals surface area contributed by atoms with Crippen LogP contribution in [0.5, 0.6) is 0 Å². The van der Waals surface area contributed by atoms with Crippen LogP contribution in [-0.4, -0.2) is 18.9 Å². The number of hydrogen-bond donors (Lipinski definition) is 0. The maximum Gasteiger partial charge on any atom is 0.762 e. The minimum absolute atomic E-state index is 0. The fraction of sp³-hybridized carbons (Fsp3) is 0.455. The van der Waals surface area contributed by atoms with Crippen molar-refractivity contribution in [3.05, 3.63) is 95.6 Å². The fourth-order valence-corrected chi connectivity index (χ4v) is 13.5. The van der Waals surface area contributed by atoms with E-state index in [2.05, 4.69) is 78.9 Å². The third-order valence-electron chi connectivity index (χ3n) is 9.28. The average Bonchev–Trinajstić information content (AvgIpc) is 3.24. The lowest BCUT2D eigenvalue weighted by atomic mass is 9.89. The Hall–Kier alpha value is -2.13. The van der Waals surface area contributed by atoms with Crippen molar-refractivity contribution in [3.63, 3.8) is 0 Å². The van der Waals surface area contributed by atoms with Crippen LogP contribution in [0.3, 0.4) is 0 Å². The maximum atomic E-state index is 9.67. The van der Waals surface area contributed by atoms with Gasteiger partial charge in [0.1, 0.15) is 5.16 Å². The van der Waals surface area contributed by atoms with Crippen LogP contribution in [0.2, 0.25) is 0 Å². The first-order valence-electron chi connectivity index (χ1n) is 14.6. The van der Waals surface area contributed by atoms with Crippen LogP contribution < -0.4 is 4.70 Å². The van der Waals surface area contributed by atoms with Crippen LogP contribution in [0.4, 0.5) is 12.9 Å². The van der Waals surface area contributed by atoms with Gasteiger partial charge in [-0.25, -0.2) is 0 Å². The Morgan fingerprint density at radius 1 is 0.615 bits per heavy atom. The van der Waals surface area contributed by atoms with Crippen molar-refractivity contribution in [2.24, 2.45) is 0 Å². The molecule has 6 rings (SSSR count). The van der Waals surface area contributed by atoms with E-state index in [1.54, 1.807) is 22.3 Å². The molecule has 2 fully saturated rings. The van der Waals surface area contributed by atoms with Crippen molar-refractivity contribution in [1.29, 1.82) is 0 Å². The molecule has 0 nitrogen and oxygen atoms in total. The second-order valence-electron chi connectivity index (χ2n) is 11.4. The van der Waals surface area contributed by atoms with Crippen LogP contribution in [-0.2, 0) is 11.6 Å². The molecular formula is C33H40BF4P. The molecule has 0 atom stereocenters. The monoisotopic (exact) mass is 554 g/mol. The molecule has 2 saturated carbocycles. The summed E-state index contributed by atoms with van der Waals surface area (Å²) in [5.41, 5.74) is 9.92. The van der Waals surface area contributed by atoms with Crippen LogP contribution >= 0.6 is 7.92 Å². The highest BCUT2D eigenvalue weighted by Crippen LogP contribution is 2.74. The predicted molar refractivity (Wildman–Crippen MR) is 159 cm³/mol.